The van der Waals surface area contributed by atoms with E-state index < -0.39 is 0 Å². The van der Waals surface area contributed by atoms with Crippen LogP contribution in [0.3, 0.4) is 0 Å². The normalized spacial score (nSPS) is 39.5. The third-order valence-corrected chi connectivity index (χ3v) is 6.00. The molecule has 0 aromatic carbocycles. The van der Waals surface area contributed by atoms with Crippen molar-refractivity contribution in [2.24, 2.45) is 23.7 Å². The fraction of sp³-hybridized carbons (Fsp3) is 0.786. The summed E-state index contributed by atoms with van der Waals surface area (Å²) in [6, 6.07) is 2.63. The average Bonchev–Trinajstić information content (AvgIpc) is 2.80. The molecule has 19 heavy (non-hydrogen) atoms. The summed E-state index contributed by atoms with van der Waals surface area (Å²) in [4.78, 5) is 1.90. The van der Waals surface area contributed by atoms with E-state index in [1.54, 1.807) is 0 Å². The van der Waals surface area contributed by atoms with Gasteiger partial charge < -0.3 is 0 Å². The fourth-order valence-corrected chi connectivity index (χ4v) is 5.37. The van der Waals surface area contributed by atoms with Crippen LogP contribution in [-0.2, 0) is 0 Å². The Hall–Kier alpha value is -1.02. The first-order chi connectivity index (χ1) is 9.28. The number of nitrogens with zero attached hydrogens (tertiary/aromatic N) is 4. The summed E-state index contributed by atoms with van der Waals surface area (Å²) in [5, 5.41) is 19.0. The van der Waals surface area contributed by atoms with Crippen LogP contribution in [0.4, 0.5) is 0 Å². The molecule has 4 saturated carbocycles. The van der Waals surface area contributed by atoms with E-state index in [0.29, 0.717) is 11.7 Å². The Morgan fingerprint density at radius 3 is 2.21 bits per heavy atom. The zero-order chi connectivity index (χ0) is 13.0. The van der Waals surface area contributed by atoms with Gasteiger partial charge in [-0.15, -0.1) is 22.0 Å². The molecule has 0 saturated heterocycles. The van der Waals surface area contributed by atoms with E-state index in [9.17, 15) is 0 Å². The quantitative estimate of drug-likeness (QED) is 0.778. The third-order valence-electron chi connectivity index (χ3n) is 5.34. The maximum atomic E-state index is 9.13. The first kappa shape index (κ1) is 11.8. The van der Waals surface area contributed by atoms with Gasteiger partial charge >= 0.3 is 0 Å². The Labute approximate surface area is 117 Å². The standard InChI is InChI=1S/C14H18N4S/c1-19-14-12(7-15)16-18(17-14)13-10-3-8-2-9(5-10)6-11(13)4-8/h8-11,13H,2-6H2,1H3. The van der Waals surface area contributed by atoms with Crippen molar-refractivity contribution >= 4 is 11.8 Å². The minimum absolute atomic E-state index is 0.459. The largest absolute Gasteiger partial charge is 0.196 e. The number of thioether (sulfide) groups is 1. The molecule has 5 heteroatoms. The molecular formula is C14H18N4S. The maximum absolute atomic E-state index is 9.13. The van der Waals surface area contributed by atoms with Crippen molar-refractivity contribution in [3.05, 3.63) is 5.69 Å². The second-order valence-electron chi connectivity index (χ2n) is 6.41. The summed E-state index contributed by atoms with van der Waals surface area (Å²) >= 11 is 1.53. The van der Waals surface area contributed by atoms with Gasteiger partial charge in [-0.05, 0) is 62.0 Å². The lowest BCUT2D eigenvalue weighted by Crippen LogP contribution is -2.46. The van der Waals surface area contributed by atoms with Crippen LogP contribution < -0.4 is 0 Å². The summed E-state index contributed by atoms with van der Waals surface area (Å²) in [5.74, 6) is 3.43. The SMILES string of the molecule is CSc1nn(C2C3CC4CC(C3)CC2C4)nc1C#N. The number of nitriles is 1. The van der Waals surface area contributed by atoms with Crippen LogP contribution in [0.1, 0.15) is 43.8 Å². The smallest absolute Gasteiger partial charge is 0.191 e. The van der Waals surface area contributed by atoms with Gasteiger partial charge in [-0.25, -0.2) is 0 Å². The Bertz CT molecular complexity index is 516. The van der Waals surface area contributed by atoms with E-state index in [0.717, 1.165) is 28.7 Å². The molecule has 1 heterocycles. The molecular weight excluding hydrogens is 256 g/mol. The van der Waals surface area contributed by atoms with Crippen molar-refractivity contribution in [1.29, 1.82) is 5.26 Å². The molecule has 0 spiro atoms. The topological polar surface area (TPSA) is 54.5 Å². The number of hydrogen-bond donors (Lipinski definition) is 0. The van der Waals surface area contributed by atoms with Crippen LogP contribution in [0.5, 0.6) is 0 Å². The van der Waals surface area contributed by atoms with Crippen molar-refractivity contribution < 1.29 is 0 Å². The highest BCUT2D eigenvalue weighted by Gasteiger charge is 2.49. The molecule has 4 bridgehead atoms. The van der Waals surface area contributed by atoms with Crippen molar-refractivity contribution in [1.82, 2.24) is 15.0 Å². The first-order valence-electron chi connectivity index (χ1n) is 7.19. The Balaban J connectivity index is 1.69. The molecule has 0 aliphatic heterocycles. The van der Waals surface area contributed by atoms with Crippen LogP contribution >= 0.6 is 11.8 Å². The Morgan fingerprint density at radius 2 is 1.74 bits per heavy atom. The van der Waals surface area contributed by atoms with Crippen molar-refractivity contribution in [2.45, 2.75) is 43.2 Å². The predicted octanol–water partition coefficient (Wildman–Crippen LogP) is 2.87. The first-order valence-corrected chi connectivity index (χ1v) is 8.42. The number of hydrogen-bond acceptors (Lipinski definition) is 4. The maximum Gasteiger partial charge on any atom is 0.196 e. The van der Waals surface area contributed by atoms with Gasteiger partial charge in [0, 0.05) is 0 Å². The van der Waals surface area contributed by atoms with E-state index in [4.69, 9.17) is 5.26 Å². The third kappa shape index (κ3) is 1.73. The zero-order valence-corrected chi connectivity index (χ0v) is 11.9. The van der Waals surface area contributed by atoms with Gasteiger partial charge in [0.25, 0.3) is 0 Å². The molecule has 0 N–H and O–H groups in total. The van der Waals surface area contributed by atoms with Crippen molar-refractivity contribution in [3.8, 4) is 6.07 Å². The summed E-state index contributed by atoms with van der Waals surface area (Å²) in [5.41, 5.74) is 0.501. The lowest BCUT2D eigenvalue weighted by atomic mass is 9.54. The van der Waals surface area contributed by atoms with Gasteiger partial charge in [0.2, 0.25) is 0 Å². The summed E-state index contributed by atoms with van der Waals surface area (Å²) < 4.78 is 0. The molecule has 100 valence electrons. The monoisotopic (exact) mass is 274 g/mol. The predicted molar refractivity (Wildman–Crippen MR) is 72.6 cm³/mol. The van der Waals surface area contributed by atoms with Gasteiger partial charge in [-0.1, -0.05) is 0 Å². The van der Waals surface area contributed by atoms with Gasteiger partial charge in [-0.2, -0.15) is 10.1 Å². The minimum atomic E-state index is 0.459. The molecule has 4 aliphatic rings. The molecule has 1 aromatic heterocycles. The van der Waals surface area contributed by atoms with Crippen molar-refractivity contribution in [2.75, 3.05) is 6.26 Å². The van der Waals surface area contributed by atoms with Crippen LogP contribution in [0, 0.1) is 35.0 Å². The highest BCUT2D eigenvalue weighted by molar-refractivity contribution is 7.98. The lowest BCUT2D eigenvalue weighted by Gasteiger charge is -2.53. The van der Waals surface area contributed by atoms with E-state index in [1.165, 1.54) is 43.9 Å². The van der Waals surface area contributed by atoms with Crippen LogP contribution in [0.25, 0.3) is 0 Å². The lowest BCUT2D eigenvalue weighted by molar-refractivity contribution is -0.0393. The molecule has 5 rings (SSSR count). The number of aromatic nitrogens is 3. The fourth-order valence-electron chi connectivity index (χ4n) is 4.92. The average molecular weight is 274 g/mol. The van der Waals surface area contributed by atoms with Crippen molar-refractivity contribution in [3.63, 3.8) is 0 Å². The van der Waals surface area contributed by atoms with E-state index in [1.807, 2.05) is 11.1 Å². The Morgan fingerprint density at radius 1 is 1.11 bits per heavy atom. The van der Waals surface area contributed by atoms with Crippen LogP contribution in [0.2, 0.25) is 0 Å². The summed E-state index contributed by atoms with van der Waals surface area (Å²) in [7, 11) is 0. The van der Waals surface area contributed by atoms with Gasteiger partial charge in [-0.3, -0.25) is 0 Å². The highest BCUT2D eigenvalue weighted by atomic mass is 32.2. The molecule has 0 radical (unpaired) electrons. The highest BCUT2D eigenvalue weighted by Crippen LogP contribution is 2.57. The Kier molecular flexibility index (Phi) is 2.63. The molecule has 0 amide bonds. The molecule has 0 unspecified atom stereocenters. The molecule has 4 nitrogen and oxygen atoms in total. The second-order valence-corrected chi connectivity index (χ2v) is 7.21. The van der Waals surface area contributed by atoms with Gasteiger partial charge in [0.1, 0.15) is 6.07 Å². The van der Waals surface area contributed by atoms with Gasteiger partial charge in [0.15, 0.2) is 10.7 Å². The number of rotatable bonds is 2. The minimum Gasteiger partial charge on any atom is -0.191 e. The molecule has 0 atom stereocenters. The van der Waals surface area contributed by atoms with E-state index in [2.05, 4.69) is 16.3 Å². The summed E-state index contributed by atoms with van der Waals surface area (Å²) in [6.45, 7) is 0. The molecule has 4 aliphatic carbocycles. The van der Waals surface area contributed by atoms with Crippen LogP contribution in [-0.4, -0.2) is 21.2 Å². The van der Waals surface area contributed by atoms with E-state index in [-0.39, 0.29) is 0 Å². The second kappa shape index (κ2) is 4.24. The summed E-state index contributed by atoms with van der Waals surface area (Å²) in [6.07, 6.45) is 8.86. The zero-order valence-electron chi connectivity index (χ0n) is 11.1. The van der Waals surface area contributed by atoms with Crippen LogP contribution in [0.15, 0.2) is 5.03 Å². The molecule has 1 aromatic rings. The van der Waals surface area contributed by atoms with Gasteiger partial charge in [0.05, 0.1) is 6.04 Å². The van der Waals surface area contributed by atoms with E-state index >= 15 is 0 Å². The molecule has 4 fully saturated rings.